The van der Waals surface area contributed by atoms with Crippen LogP contribution < -0.4 is 5.32 Å². The number of likely N-dealkylation sites (tertiary alicyclic amines) is 1. The summed E-state index contributed by atoms with van der Waals surface area (Å²) in [6, 6.07) is 1.83. The number of urea groups is 1. The van der Waals surface area contributed by atoms with E-state index in [1.807, 2.05) is 6.92 Å². The Hall–Kier alpha value is -1.83. The van der Waals surface area contributed by atoms with Crippen LogP contribution in [0.2, 0.25) is 0 Å². The number of alkyl halides is 3. The number of hydrogen-bond donors (Lipinski definition) is 2. The van der Waals surface area contributed by atoms with Crippen LogP contribution in [0.15, 0.2) is 18.2 Å². The van der Waals surface area contributed by atoms with Crippen molar-refractivity contribution in [3.63, 3.8) is 0 Å². The Morgan fingerprint density at radius 2 is 1.96 bits per heavy atom. The van der Waals surface area contributed by atoms with Gasteiger partial charge in [0.15, 0.2) is 0 Å². The van der Waals surface area contributed by atoms with Gasteiger partial charge in [0.2, 0.25) is 0 Å². The maximum absolute atomic E-state index is 13.3. The van der Waals surface area contributed by atoms with E-state index >= 15 is 0 Å². The summed E-state index contributed by atoms with van der Waals surface area (Å²) in [5.74, 6) is -1.38. The Balaban J connectivity index is 2.04. The summed E-state index contributed by atoms with van der Waals surface area (Å²) < 4.78 is 51.3. The number of rotatable bonds is 3. The van der Waals surface area contributed by atoms with E-state index in [1.165, 1.54) is 4.90 Å². The maximum Gasteiger partial charge on any atom is 0.419 e. The van der Waals surface area contributed by atoms with Crippen LogP contribution in [0.1, 0.15) is 31.7 Å². The number of aliphatic hydroxyl groups excluding tert-OH is 1. The van der Waals surface area contributed by atoms with Gasteiger partial charge in [-0.25, -0.2) is 9.18 Å². The zero-order chi connectivity index (χ0) is 18.0. The molecular weight excluding hydrogens is 328 g/mol. The van der Waals surface area contributed by atoms with Gasteiger partial charge in [0, 0.05) is 25.4 Å². The Morgan fingerprint density at radius 3 is 2.46 bits per heavy atom. The molecule has 0 spiro atoms. The van der Waals surface area contributed by atoms with Crippen molar-refractivity contribution in [1.29, 1.82) is 0 Å². The average Bonchev–Trinajstić information content (AvgIpc) is 2.55. The molecule has 0 saturated carbocycles. The van der Waals surface area contributed by atoms with Gasteiger partial charge in [-0.3, -0.25) is 0 Å². The van der Waals surface area contributed by atoms with Crippen LogP contribution in [0, 0.1) is 11.2 Å². The zero-order valence-electron chi connectivity index (χ0n) is 13.3. The van der Waals surface area contributed by atoms with Gasteiger partial charge in [-0.15, -0.1) is 0 Å². The number of benzene rings is 1. The second-order valence-corrected chi connectivity index (χ2v) is 6.12. The summed E-state index contributed by atoms with van der Waals surface area (Å²) in [5.41, 5.74) is -1.72. The van der Waals surface area contributed by atoms with Crippen LogP contribution in [0.25, 0.3) is 0 Å². The molecule has 1 aromatic rings. The van der Waals surface area contributed by atoms with E-state index in [4.69, 9.17) is 0 Å². The summed E-state index contributed by atoms with van der Waals surface area (Å²) in [6.07, 6.45) is -2.76. The molecule has 24 heavy (non-hydrogen) atoms. The number of nitrogens with one attached hydrogen (secondary N) is 1. The number of carbonyl (C=O) groups excluding carboxylic acids is 1. The first-order valence-corrected chi connectivity index (χ1v) is 7.74. The molecule has 0 aromatic heterocycles. The predicted molar refractivity (Wildman–Crippen MR) is 81.0 cm³/mol. The molecule has 1 heterocycles. The standard InChI is InChI=1S/C16H20F4N2O2/c1-2-15(10-23)5-7-22(8-6-15)14(24)21-11-3-4-13(17)12(9-11)16(18,19)20/h3-4,9,23H,2,5-8,10H2,1H3,(H,21,24). The first-order chi connectivity index (χ1) is 11.2. The fraction of sp³-hybridized carbons (Fsp3) is 0.562. The van der Waals surface area contributed by atoms with Crippen LogP contribution in [-0.2, 0) is 6.18 Å². The SMILES string of the molecule is CCC1(CO)CCN(C(=O)Nc2ccc(F)c(C(F)(F)F)c2)CC1. The lowest BCUT2D eigenvalue weighted by atomic mass is 9.77. The van der Waals surface area contributed by atoms with E-state index in [0.717, 1.165) is 12.5 Å². The van der Waals surface area contributed by atoms with Crippen molar-refractivity contribution in [2.45, 2.75) is 32.4 Å². The lowest BCUT2D eigenvalue weighted by molar-refractivity contribution is -0.139. The first-order valence-electron chi connectivity index (χ1n) is 7.74. The Bertz CT molecular complexity index is 590. The molecule has 4 nitrogen and oxygen atoms in total. The highest BCUT2D eigenvalue weighted by molar-refractivity contribution is 5.89. The van der Waals surface area contributed by atoms with E-state index in [0.29, 0.717) is 38.1 Å². The van der Waals surface area contributed by atoms with Crippen LogP contribution in [0.3, 0.4) is 0 Å². The predicted octanol–water partition coefficient (Wildman–Crippen LogP) is 3.86. The summed E-state index contributed by atoms with van der Waals surface area (Å²) in [4.78, 5) is 13.7. The quantitative estimate of drug-likeness (QED) is 0.815. The molecule has 1 aromatic carbocycles. The molecule has 0 atom stereocenters. The molecule has 1 aliphatic rings. The molecule has 134 valence electrons. The van der Waals surface area contributed by atoms with E-state index < -0.39 is 23.6 Å². The van der Waals surface area contributed by atoms with Gasteiger partial charge in [0.1, 0.15) is 5.82 Å². The number of nitrogens with zero attached hydrogens (tertiary/aromatic N) is 1. The highest BCUT2D eigenvalue weighted by Crippen LogP contribution is 2.35. The molecule has 1 aliphatic heterocycles. The third-order valence-corrected chi connectivity index (χ3v) is 4.72. The fourth-order valence-corrected chi connectivity index (χ4v) is 2.83. The number of carbonyl (C=O) groups is 1. The first kappa shape index (κ1) is 18.5. The molecule has 0 bridgehead atoms. The minimum Gasteiger partial charge on any atom is -0.396 e. The average molecular weight is 348 g/mol. The second-order valence-electron chi connectivity index (χ2n) is 6.12. The van der Waals surface area contributed by atoms with Gasteiger partial charge in [-0.2, -0.15) is 13.2 Å². The van der Waals surface area contributed by atoms with Gasteiger partial charge in [-0.1, -0.05) is 6.92 Å². The van der Waals surface area contributed by atoms with Gasteiger partial charge in [0.05, 0.1) is 5.56 Å². The Morgan fingerprint density at radius 1 is 1.33 bits per heavy atom. The van der Waals surface area contributed by atoms with Crippen LogP contribution in [0.5, 0.6) is 0 Å². The van der Waals surface area contributed by atoms with E-state index in [-0.39, 0.29) is 17.7 Å². The van der Waals surface area contributed by atoms with Crippen molar-refractivity contribution < 1.29 is 27.5 Å². The fourth-order valence-electron chi connectivity index (χ4n) is 2.83. The highest BCUT2D eigenvalue weighted by Gasteiger charge is 2.35. The van der Waals surface area contributed by atoms with Crippen LogP contribution in [-0.4, -0.2) is 35.7 Å². The number of anilines is 1. The van der Waals surface area contributed by atoms with Crippen molar-refractivity contribution in [3.05, 3.63) is 29.6 Å². The van der Waals surface area contributed by atoms with Gasteiger partial charge >= 0.3 is 12.2 Å². The van der Waals surface area contributed by atoms with Crippen molar-refractivity contribution >= 4 is 11.7 Å². The molecule has 0 aliphatic carbocycles. The zero-order valence-corrected chi connectivity index (χ0v) is 13.3. The van der Waals surface area contributed by atoms with Gasteiger partial charge < -0.3 is 15.3 Å². The topological polar surface area (TPSA) is 52.6 Å². The minimum atomic E-state index is -4.82. The molecule has 8 heteroatoms. The minimum absolute atomic E-state index is 0.0475. The maximum atomic E-state index is 13.3. The summed E-state index contributed by atoms with van der Waals surface area (Å²) in [5, 5.41) is 11.8. The number of aliphatic hydroxyl groups is 1. The number of hydrogen-bond acceptors (Lipinski definition) is 2. The molecular formula is C16H20F4N2O2. The van der Waals surface area contributed by atoms with E-state index in [1.54, 1.807) is 0 Å². The summed E-state index contributed by atoms with van der Waals surface area (Å²) >= 11 is 0. The normalized spacial score (nSPS) is 17.7. The van der Waals surface area contributed by atoms with Crippen molar-refractivity contribution in [2.24, 2.45) is 5.41 Å². The van der Waals surface area contributed by atoms with Gasteiger partial charge in [-0.05, 0) is 42.9 Å². The molecule has 2 N–H and O–H groups in total. The Kier molecular flexibility index (Phi) is 5.37. The monoisotopic (exact) mass is 348 g/mol. The van der Waals surface area contributed by atoms with E-state index in [9.17, 15) is 27.5 Å². The lowest BCUT2D eigenvalue weighted by Crippen LogP contribution is -2.46. The highest BCUT2D eigenvalue weighted by atomic mass is 19.4. The summed E-state index contributed by atoms with van der Waals surface area (Å²) in [6.45, 7) is 2.84. The third-order valence-electron chi connectivity index (χ3n) is 4.72. The van der Waals surface area contributed by atoms with Crippen molar-refractivity contribution in [3.8, 4) is 0 Å². The molecule has 0 unspecified atom stereocenters. The number of amides is 2. The smallest absolute Gasteiger partial charge is 0.396 e. The largest absolute Gasteiger partial charge is 0.419 e. The van der Waals surface area contributed by atoms with Crippen LogP contribution >= 0.6 is 0 Å². The third kappa shape index (κ3) is 3.98. The molecule has 2 amide bonds. The van der Waals surface area contributed by atoms with E-state index in [2.05, 4.69) is 5.32 Å². The second kappa shape index (κ2) is 6.96. The molecule has 0 radical (unpaired) electrons. The van der Waals surface area contributed by atoms with Crippen molar-refractivity contribution in [2.75, 3.05) is 25.0 Å². The van der Waals surface area contributed by atoms with Crippen LogP contribution in [0.4, 0.5) is 28.0 Å². The van der Waals surface area contributed by atoms with Gasteiger partial charge in [0.25, 0.3) is 0 Å². The number of halogens is 4. The lowest BCUT2D eigenvalue weighted by Gasteiger charge is -2.40. The van der Waals surface area contributed by atoms with Crippen molar-refractivity contribution in [1.82, 2.24) is 4.90 Å². The molecule has 1 fully saturated rings. The number of piperidine rings is 1. The Labute approximate surface area is 137 Å². The molecule has 2 rings (SSSR count). The summed E-state index contributed by atoms with van der Waals surface area (Å²) in [7, 11) is 0. The molecule has 1 saturated heterocycles.